The van der Waals surface area contributed by atoms with Gasteiger partial charge in [-0.3, -0.25) is 5.41 Å². The zero-order valence-corrected chi connectivity index (χ0v) is 10.8. The highest BCUT2D eigenvalue weighted by atomic mass is 16.5. The van der Waals surface area contributed by atoms with Crippen molar-refractivity contribution in [1.82, 2.24) is 10.2 Å². The van der Waals surface area contributed by atoms with Gasteiger partial charge in [-0.05, 0) is 19.4 Å². The molecule has 1 aliphatic heterocycles. The molecule has 0 saturated carbocycles. The van der Waals surface area contributed by atoms with Crippen LogP contribution in [-0.2, 0) is 4.74 Å². The quantitative estimate of drug-likeness (QED) is 0.610. The van der Waals surface area contributed by atoms with Gasteiger partial charge in [0.05, 0.1) is 30.5 Å². The first-order chi connectivity index (χ1) is 8.63. The third-order valence-corrected chi connectivity index (χ3v) is 3.20. The minimum absolute atomic E-state index is 0.0221. The van der Waals surface area contributed by atoms with Gasteiger partial charge in [-0.1, -0.05) is 6.92 Å². The molecule has 0 spiro atoms. The number of amidine groups is 1. The molecular formula is C12H19N5O. The molecule has 3 N–H and O–H groups in total. The standard InChI is InChI=1S/C12H19N5O/c1-3-9-7-18-8(2)6-17(9)12-10(11(13)14)4-5-15-16-12/h4-5,8-9H,3,6-7H2,1-2H3,(H3,13,14). The second-order valence-corrected chi connectivity index (χ2v) is 4.54. The van der Waals surface area contributed by atoms with Crippen LogP contribution in [0.2, 0.25) is 0 Å². The lowest BCUT2D eigenvalue weighted by Gasteiger charge is -2.39. The van der Waals surface area contributed by atoms with E-state index in [1.807, 2.05) is 6.92 Å². The number of nitrogen functional groups attached to an aromatic ring is 1. The molecule has 0 bridgehead atoms. The second-order valence-electron chi connectivity index (χ2n) is 4.54. The van der Waals surface area contributed by atoms with Gasteiger partial charge in [-0.2, -0.15) is 5.10 Å². The maximum absolute atomic E-state index is 7.62. The Morgan fingerprint density at radius 2 is 2.44 bits per heavy atom. The van der Waals surface area contributed by atoms with Crippen LogP contribution in [0.4, 0.5) is 5.82 Å². The number of aromatic nitrogens is 2. The Morgan fingerprint density at radius 1 is 1.67 bits per heavy atom. The van der Waals surface area contributed by atoms with Crippen molar-refractivity contribution in [2.45, 2.75) is 32.4 Å². The zero-order chi connectivity index (χ0) is 13.1. The summed E-state index contributed by atoms with van der Waals surface area (Å²) in [7, 11) is 0. The van der Waals surface area contributed by atoms with Crippen LogP contribution in [0, 0.1) is 5.41 Å². The number of hydrogen-bond acceptors (Lipinski definition) is 5. The number of hydrogen-bond donors (Lipinski definition) is 2. The monoisotopic (exact) mass is 249 g/mol. The van der Waals surface area contributed by atoms with Crippen LogP contribution < -0.4 is 10.6 Å². The van der Waals surface area contributed by atoms with Crippen LogP contribution >= 0.6 is 0 Å². The van der Waals surface area contributed by atoms with Gasteiger partial charge in [0.2, 0.25) is 0 Å². The molecule has 6 nitrogen and oxygen atoms in total. The molecule has 6 heteroatoms. The van der Waals surface area contributed by atoms with Crippen LogP contribution in [0.5, 0.6) is 0 Å². The Balaban J connectivity index is 2.36. The summed E-state index contributed by atoms with van der Waals surface area (Å²) < 4.78 is 5.66. The van der Waals surface area contributed by atoms with Crippen molar-refractivity contribution in [2.75, 3.05) is 18.1 Å². The zero-order valence-electron chi connectivity index (χ0n) is 10.8. The molecule has 1 fully saturated rings. The SMILES string of the molecule is CCC1COC(C)CN1c1nnccc1C(=N)N. The summed E-state index contributed by atoms with van der Waals surface area (Å²) in [6.45, 7) is 5.56. The molecule has 0 radical (unpaired) electrons. The number of nitrogens with two attached hydrogens (primary N) is 1. The lowest BCUT2D eigenvalue weighted by Crippen LogP contribution is -2.49. The Bertz CT molecular complexity index is 436. The predicted molar refractivity (Wildman–Crippen MR) is 69.9 cm³/mol. The van der Waals surface area contributed by atoms with Gasteiger partial charge < -0.3 is 15.4 Å². The molecule has 1 aromatic rings. The summed E-state index contributed by atoms with van der Waals surface area (Å²) in [5.74, 6) is 0.709. The largest absolute Gasteiger partial charge is 0.384 e. The van der Waals surface area contributed by atoms with Gasteiger partial charge in [-0.15, -0.1) is 5.10 Å². The van der Waals surface area contributed by atoms with Gasteiger partial charge in [0, 0.05) is 6.54 Å². The van der Waals surface area contributed by atoms with Crippen LogP contribution in [0.25, 0.3) is 0 Å². The molecule has 2 unspecified atom stereocenters. The van der Waals surface area contributed by atoms with Crippen molar-refractivity contribution >= 4 is 11.7 Å². The fourth-order valence-corrected chi connectivity index (χ4v) is 2.19. The van der Waals surface area contributed by atoms with Crippen molar-refractivity contribution in [3.8, 4) is 0 Å². The molecule has 1 aliphatic rings. The van der Waals surface area contributed by atoms with Crippen LogP contribution in [0.1, 0.15) is 25.8 Å². The van der Waals surface area contributed by atoms with E-state index in [-0.39, 0.29) is 18.0 Å². The molecule has 18 heavy (non-hydrogen) atoms. The summed E-state index contributed by atoms with van der Waals surface area (Å²) in [4.78, 5) is 2.15. The normalized spacial score (nSPS) is 24.0. The number of ether oxygens (including phenoxy) is 1. The highest BCUT2D eigenvalue weighted by Crippen LogP contribution is 2.24. The number of anilines is 1. The van der Waals surface area contributed by atoms with E-state index in [0.717, 1.165) is 13.0 Å². The minimum atomic E-state index is 0.0221. The van der Waals surface area contributed by atoms with Crippen molar-refractivity contribution in [2.24, 2.45) is 5.73 Å². The van der Waals surface area contributed by atoms with Gasteiger partial charge in [0.25, 0.3) is 0 Å². The molecule has 2 heterocycles. The van der Waals surface area contributed by atoms with E-state index in [2.05, 4.69) is 22.0 Å². The first kappa shape index (κ1) is 12.8. The molecule has 1 aromatic heterocycles. The highest BCUT2D eigenvalue weighted by molar-refractivity contribution is 5.99. The lowest BCUT2D eigenvalue weighted by atomic mass is 10.1. The average Bonchev–Trinajstić information content (AvgIpc) is 2.38. The van der Waals surface area contributed by atoms with E-state index < -0.39 is 0 Å². The fraction of sp³-hybridized carbons (Fsp3) is 0.583. The highest BCUT2D eigenvalue weighted by Gasteiger charge is 2.28. The summed E-state index contributed by atoms with van der Waals surface area (Å²) in [5, 5.41) is 15.7. The molecule has 1 saturated heterocycles. The molecular weight excluding hydrogens is 230 g/mol. The predicted octanol–water partition coefficient (Wildman–Crippen LogP) is 0.764. The maximum atomic E-state index is 7.62. The molecule has 98 valence electrons. The van der Waals surface area contributed by atoms with Crippen LogP contribution in [-0.4, -0.2) is 41.3 Å². The maximum Gasteiger partial charge on any atom is 0.162 e. The van der Waals surface area contributed by atoms with E-state index in [1.165, 1.54) is 0 Å². The number of morpholine rings is 1. The van der Waals surface area contributed by atoms with Crippen molar-refractivity contribution in [1.29, 1.82) is 5.41 Å². The van der Waals surface area contributed by atoms with Gasteiger partial charge >= 0.3 is 0 Å². The summed E-state index contributed by atoms with van der Waals surface area (Å²) >= 11 is 0. The molecule has 0 amide bonds. The molecule has 0 aromatic carbocycles. The van der Waals surface area contributed by atoms with Crippen LogP contribution in [0.3, 0.4) is 0 Å². The first-order valence-electron chi connectivity index (χ1n) is 6.17. The topological polar surface area (TPSA) is 88.1 Å². The Hall–Kier alpha value is -1.69. The Kier molecular flexibility index (Phi) is 3.76. The lowest BCUT2D eigenvalue weighted by molar-refractivity contribution is 0.0295. The summed E-state index contributed by atoms with van der Waals surface area (Å²) in [6.07, 6.45) is 2.67. The van der Waals surface area contributed by atoms with E-state index >= 15 is 0 Å². The Morgan fingerprint density at radius 3 is 3.11 bits per heavy atom. The van der Waals surface area contributed by atoms with Gasteiger partial charge in [-0.25, -0.2) is 0 Å². The van der Waals surface area contributed by atoms with Gasteiger partial charge in [0.15, 0.2) is 5.82 Å². The van der Waals surface area contributed by atoms with Gasteiger partial charge in [0.1, 0.15) is 5.84 Å². The summed E-state index contributed by atoms with van der Waals surface area (Å²) in [5.41, 5.74) is 6.24. The summed E-state index contributed by atoms with van der Waals surface area (Å²) in [6, 6.07) is 1.99. The van der Waals surface area contributed by atoms with E-state index in [4.69, 9.17) is 15.9 Å². The van der Waals surface area contributed by atoms with Crippen LogP contribution in [0.15, 0.2) is 12.3 Å². The van der Waals surface area contributed by atoms with E-state index in [0.29, 0.717) is 18.0 Å². The second kappa shape index (κ2) is 5.30. The van der Waals surface area contributed by atoms with Crippen molar-refractivity contribution in [3.05, 3.63) is 17.8 Å². The van der Waals surface area contributed by atoms with E-state index in [1.54, 1.807) is 12.3 Å². The average molecular weight is 249 g/mol. The number of nitrogens with zero attached hydrogens (tertiary/aromatic N) is 3. The third kappa shape index (κ3) is 2.43. The molecule has 2 atom stereocenters. The fourth-order valence-electron chi connectivity index (χ4n) is 2.19. The number of rotatable bonds is 3. The smallest absolute Gasteiger partial charge is 0.162 e. The third-order valence-electron chi connectivity index (χ3n) is 3.20. The number of nitrogens with one attached hydrogen (secondary N) is 1. The molecule has 0 aliphatic carbocycles. The molecule has 2 rings (SSSR count). The minimum Gasteiger partial charge on any atom is -0.384 e. The Labute approximate surface area is 107 Å². The van der Waals surface area contributed by atoms with E-state index in [9.17, 15) is 0 Å². The van der Waals surface area contributed by atoms with Crippen molar-refractivity contribution in [3.63, 3.8) is 0 Å². The van der Waals surface area contributed by atoms with Crippen molar-refractivity contribution < 1.29 is 4.74 Å². The first-order valence-corrected chi connectivity index (χ1v) is 6.17.